The first-order valence-electron chi connectivity index (χ1n) is 8.76. The average Bonchev–Trinajstić information content (AvgIpc) is 2.71. The molecule has 0 bridgehead atoms. The molecular formula is C20H19F3N3O2S+. The molecule has 0 aliphatic carbocycles. The Balaban J connectivity index is 2.02. The number of halogens is 3. The summed E-state index contributed by atoms with van der Waals surface area (Å²) in [5.41, 5.74) is -0.138. The second kappa shape index (κ2) is 9.13. The lowest BCUT2D eigenvalue weighted by atomic mass is 10.1. The van der Waals surface area contributed by atoms with Crippen LogP contribution in [-0.2, 0) is 17.6 Å². The van der Waals surface area contributed by atoms with Crippen LogP contribution in [0.2, 0.25) is 0 Å². The maximum Gasteiger partial charge on any atom is 0.416 e. The van der Waals surface area contributed by atoms with E-state index in [9.17, 15) is 18.0 Å². The molecule has 0 radical (unpaired) electrons. The summed E-state index contributed by atoms with van der Waals surface area (Å²) < 4.78 is 42.5. The summed E-state index contributed by atoms with van der Waals surface area (Å²) >= 11 is 1.50. The second-order valence-corrected chi connectivity index (χ2v) is 6.97. The topological polar surface area (TPSA) is 47.0 Å². The number of hydrogen-bond acceptors (Lipinski definition) is 4. The number of aryl methyl sites for hydroxylation is 1. The molecule has 0 spiro atoms. The molecule has 152 valence electrons. The Hall–Kier alpha value is -2.81. The summed E-state index contributed by atoms with van der Waals surface area (Å²) in [7, 11) is 0. The highest BCUT2D eigenvalue weighted by Gasteiger charge is 2.31. The van der Waals surface area contributed by atoms with Crippen molar-refractivity contribution < 1.29 is 22.6 Å². The lowest BCUT2D eigenvalue weighted by Gasteiger charge is -2.09. The molecule has 0 fully saturated rings. The minimum Gasteiger partial charge on any atom is -0.385 e. The fourth-order valence-corrected chi connectivity index (χ4v) is 3.04. The Morgan fingerprint density at radius 1 is 1.24 bits per heavy atom. The molecular weight excluding hydrogens is 403 g/mol. The van der Waals surface area contributed by atoms with Crippen molar-refractivity contribution in [2.75, 3.05) is 12.2 Å². The van der Waals surface area contributed by atoms with Gasteiger partial charge in [-0.15, -0.1) is 11.8 Å². The molecule has 0 aliphatic rings. The van der Waals surface area contributed by atoms with Crippen molar-refractivity contribution in [1.82, 2.24) is 4.40 Å². The van der Waals surface area contributed by atoms with Crippen molar-refractivity contribution in [1.29, 1.82) is 0 Å². The molecule has 3 rings (SSSR count). The Morgan fingerprint density at radius 3 is 2.83 bits per heavy atom. The zero-order valence-electron chi connectivity index (χ0n) is 15.6. The van der Waals surface area contributed by atoms with Gasteiger partial charge in [0.25, 0.3) is 5.65 Å². The Bertz CT molecular complexity index is 1080. The van der Waals surface area contributed by atoms with Crippen molar-refractivity contribution in [2.45, 2.75) is 19.1 Å². The predicted molar refractivity (Wildman–Crippen MR) is 107 cm³/mol. The number of oxime groups is 1. The second-order valence-electron chi connectivity index (χ2n) is 6.16. The number of aromatic nitrogens is 2. The van der Waals surface area contributed by atoms with Crippen LogP contribution < -0.4 is 10.1 Å². The van der Waals surface area contributed by atoms with E-state index in [1.807, 2.05) is 10.8 Å². The number of nitrogens with zero attached hydrogens (tertiary/aromatic N) is 3. The van der Waals surface area contributed by atoms with Gasteiger partial charge in [0.05, 0.1) is 18.3 Å². The van der Waals surface area contributed by atoms with Gasteiger partial charge < -0.3 is 4.84 Å². The molecule has 0 amide bonds. The zero-order chi connectivity index (χ0) is 20.9. The maximum absolute atomic E-state index is 13.1. The summed E-state index contributed by atoms with van der Waals surface area (Å²) in [5.74, 6) is 0.451. The SMILES string of the molecule is CSCO/N=C\CC[n+]1cc(-c2cccc(C(F)(F)F)c2)c(=O)n2ccccc21. The van der Waals surface area contributed by atoms with Crippen molar-refractivity contribution in [3.63, 3.8) is 0 Å². The molecule has 1 aromatic carbocycles. The van der Waals surface area contributed by atoms with Crippen LogP contribution in [0.5, 0.6) is 0 Å². The van der Waals surface area contributed by atoms with Gasteiger partial charge in [0, 0.05) is 18.7 Å². The monoisotopic (exact) mass is 422 g/mol. The largest absolute Gasteiger partial charge is 0.416 e. The van der Waals surface area contributed by atoms with Crippen LogP contribution in [0.1, 0.15) is 12.0 Å². The van der Waals surface area contributed by atoms with Crippen LogP contribution in [0, 0.1) is 0 Å². The Kier molecular flexibility index (Phi) is 6.58. The van der Waals surface area contributed by atoms with Gasteiger partial charge in [-0.2, -0.15) is 17.6 Å². The van der Waals surface area contributed by atoms with E-state index in [2.05, 4.69) is 5.16 Å². The molecule has 9 heteroatoms. The molecule has 5 nitrogen and oxygen atoms in total. The molecule has 0 aliphatic heterocycles. The van der Waals surface area contributed by atoms with Crippen LogP contribution in [0.3, 0.4) is 0 Å². The molecule has 2 aromatic heterocycles. The van der Waals surface area contributed by atoms with Crippen molar-refractivity contribution in [3.05, 3.63) is 70.8 Å². The predicted octanol–water partition coefficient (Wildman–Crippen LogP) is 3.99. The van der Waals surface area contributed by atoms with Gasteiger partial charge in [-0.25, -0.2) is 9.36 Å². The molecule has 0 saturated heterocycles. The summed E-state index contributed by atoms with van der Waals surface area (Å²) in [6.45, 7) is 0.478. The lowest BCUT2D eigenvalue weighted by molar-refractivity contribution is -0.672. The molecule has 0 saturated carbocycles. The van der Waals surface area contributed by atoms with E-state index in [0.29, 0.717) is 24.6 Å². The van der Waals surface area contributed by atoms with Gasteiger partial charge >= 0.3 is 11.7 Å². The number of benzene rings is 1. The normalized spacial score (nSPS) is 12.0. The van der Waals surface area contributed by atoms with E-state index in [1.54, 1.807) is 36.8 Å². The zero-order valence-corrected chi connectivity index (χ0v) is 16.4. The molecule has 29 heavy (non-hydrogen) atoms. The summed E-state index contributed by atoms with van der Waals surface area (Å²) in [5, 5.41) is 3.84. The highest BCUT2D eigenvalue weighted by Crippen LogP contribution is 2.31. The van der Waals surface area contributed by atoms with Gasteiger partial charge in [-0.05, 0) is 30.0 Å². The molecule has 3 aromatic rings. The molecule has 0 unspecified atom stereocenters. The number of fused-ring (bicyclic) bond motifs is 1. The van der Waals surface area contributed by atoms with Crippen LogP contribution in [0.4, 0.5) is 13.2 Å². The minimum absolute atomic E-state index is 0.190. The number of rotatable bonds is 7. The van der Waals surface area contributed by atoms with E-state index in [0.717, 1.165) is 12.1 Å². The van der Waals surface area contributed by atoms with Crippen LogP contribution in [0.15, 0.2) is 64.8 Å². The fraction of sp³-hybridized carbons (Fsp3) is 0.250. The van der Waals surface area contributed by atoms with Crippen LogP contribution in [-0.4, -0.2) is 22.8 Å². The summed E-state index contributed by atoms with van der Waals surface area (Å²) in [4.78, 5) is 17.9. The highest BCUT2D eigenvalue weighted by molar-refractivity contribution is 7.98. The summed E-state index contributed by atoms with van der Waals surface area (Å²) in [6.07, 6.45) is 2.76. The van der Waals surface area contributed by atoms with Gasteiger partial charge in [-0.1, -0.05) is 23.4 Å². The fourth-order valence-electron chi connectivity index (χ4n) is 2.87. The quantitative estimate of drug-likeness (QED) is 0.190. The third-order valence-corrected chi connectivity index (χ3v) is 4.53. The minimum atomic E-state index is -4.48. The third kappa shape index (κ3) is 4.97. The first kappa shape index (κ1) is 20.9. The van der Waals surface area contributed by atoms with Crippen LogP contribution in [0.25, 0.3) is 16.8 Å². The average molecular weight is 422 g/mol. The maximum atomic E-state index is 13.1. The van der Waals surface area contributed by atoms with Gasteiger partial charge in [0.1, 0.15) is 11.8 Å². The Morgan fingerprint density at radius 2 is 2.07 bits per heavy atom. The van der Waals surface area contributed by atoms with Crippen molar-refractivity contribution >= 4 is 23.6 Å². The molecule has 0 atom stereocenters. The van der Waals surface area contributed by atoms with E-state index in [1.165, 1.54) is 28.3 Å². The first-order chi connectivity index (χ1) is 13.9. The van der Waals surface area contributed by atoms with E-state index < -0.39 is 11.7 Å². The molecule has 2 heterocycles. The number of pyridine rings is 1. The van der Waals surface area contributed by atoms with Gasteiger partial charge in [0.15, 0.2) is 5.94 Å². The van der Waals surface area contributed by atoms with Gasteiger partial charge in [0.2, 0.25) is 0 Å². The van der Waals surface area contributed by atoms with E-state index in [4.69, 9.17) is 4.84 Å². The Labute approximate surface area is 169 Å². The highest BCUT2D eigenvalue weighted by atomic mass is 32.2. The molecule has 0 N–H and O–H groups in total. The standard InChI is InChI=1S/C20H19F3N3O2S/c1-29-14-28-24-9-5-10-25-13-17(19(27)26-11-3-2-8-18(25)26)15-6-4-7-16(12-15)20(21,22)23/h2-4,6-9,11-13H,5,10,14H2,1H3/q+1/b24-9-. The number of hydrogen-bond donors (Lipinski definition) is 0. The van der Waals surface area contributed by atoms with Gasteiger partial charge in [-0.3, -0.25) is 0 Å². The summed E-state index contributed by atoms with van der Waals surface area (Å²) in [6, 6.07) is 10.1. The van der Waals surface area contributed by atoms with E-state index in [-0.39, 0.29) is 16.7 Å². The first-order valence-corrected chi connectivity index (χ1v) is 10.2. The van der Waals surface area contributed by atoms with Crippen molar-refractivity contribution in [3.8, 4) is 11.1 Å². The van der Waals surface area contributed by atoms with Crippen LogP contribution >= 0.6 is 11.8 Å². The lowest BCUT2D eigenvalue weighted by Crippen LogP contribution is -2.40. The smallest absolute Gasteiger partial charge is 0.385 e. The number of alkyl halides is 3. The number of thioether (sulfide) groups is 1. The third-order valence-electron chi connectivity index (χ3n) is 4.19. The van der Waals surface area contributed by atoms with E-state index >= 15 is 0 Å². The van der Waals surface area contributed by atoms with Crippen molar-refractivity contribution in [2.24, 2.45) is 5.16 Å².